The zero-order valence-corrected chi connectivity index (χ0v) is 13.9. The van der Waals surface area contributed by atoms with Gasteiger partial charge in [0.05, 0.1) is 0 Å². The van der Waals surface area contributed by atoms with E-state index in [0.29, 0.717) is 14.8 Å². The van der Waals surface area contributed by atoms with E-state index in [0.717, 1.165) is 0 Å². The first-order valence-electron chi connectivity index (χ1n) is 4.72. The Morgan fingerprint density at radius 1 is 1.12 bits per heavy atom. The molecule has 0 spiro atoms. The van der Waals surface area contributed by atoms with Crippen molar-refractivity contribution in [2.75, 3.05) is 0 Å². The fourth-order valence-electron chi connectivity index (χ4n) is 1.26. The van der Waals surface area contributed by atoms with E-state index in [1.165, 1.54) is 0 Å². The van der Waals surface area contributed by atoms with Crippen molar-refractivity contribution in [3.8, 4) is 0 Å². The maximum Gasteiger partial charge on any atom is 1.00 e. The predicted molar refractivity (Wildman–Crippen MR) is 69.4 cm³/mol. The van der Waals surface area contributed by atoms with Gasteiger partial charge in [0.2, 0.25) is 16.8 Å². The fraction of sp³-hybridized carbons (Fsp3) is 0.400. The number of benzene rings is 1. The van der Waals surface area contributed by atoms with Gasteiger partial charge in [0, 0.05) is 0 Å². The average Bonchev–Trinajstić information content (AvgIpc) is 1.99. The SMILES string of the molecule is C[Si](C)(F)c1[c-]cc([Si](C)(C)F)c(Br)c1.[Li+]. The summed E-state index contributed by atoms with van der Waals surface area (Å²) in [5.74, 6) is 0. The molecule has 0 N–H and O–H groups in total. The summed E-state index contributed by atoms with van der Waals surface area (Å²) >= 11 is 3.31. The first-order valence-corrected chi connectivity index (χ1v) is 11.3. The van der Waals surface area contributed by atoms with E-state index in [2.05, 4.69) is 22.0 Å². The van der Waals surface area contributed by atoms with Crippen molar-refractivity contribution < 1.29 is 27.1 Å². The van der Waals surface area contributed by atoms with Crippen LogP contribution in [0.15, 0.2) is 16.6 Å². The Morgan fingerprint density at radius 3 is 1.94 bits per heavy atom. The van der Waals surface area contributed by atoms with Crippen molar-refractivity contribution in [3.63, 3.8) is 0 Å². The Balaban J connectivity index is 0.00000225. The largest absolute Gasteiger partial charge is 1.00 e. The minimum Gasteiger partial charge on any atom is -0.324 e. The molecule has 16 heavy (non-hydrogen) atoms. The summed E-state index contributed by atoms with van der Waals surface area (Å²) in [6.45, 7) is 6.42. The van der Waals surface area contributed by atoms with Crippen molar-refractivity contribution in [2.24, 2.45) is 0 Å². The van der Waals surface area contributed by atoms with E-state index < -0.39 is 16.8 Å². The average molecular weight is 315 g/mol. The summed E-state index contributed by atoms with van der Waals surface area (Å²) in [5, 5.41) is 1.22. The normalized spacial score (nSPS) is 12.2. The molecule has 0 aliphatic rings. The number of hydrogen-bond acceptors (Lipinski definition) is 0. The molecule has 0 nitrogen and oxygen atoms in total. The van der Waals surface area contributed by atoms with E-state index in [1.54, 1.807) is 38.3 Å². The van der Waals surface area contributed by atoms with Gasteiger partial charge in [-0.1, -0.05) is 20.4 Å². The van der Waals surface area contributed by atoms with Gasteiger partial charge in [-0.25, -0.2) is 0 Å². The molecule has 0 aliphatic heterocycles. The molecule has 0 saturated heterocycles. The summed E-state index contributed by atoms with van der Waals surface area (Å²) in [7, 11) is -5.68. The molecule has 1 rings (SSSR count). The molecule has 84 valence electrons. The molecule has 0 aromatic heterocycles. The minimum atomic E-state index is -2.85. The topological polar surface area (TPSA) is 0 Å². The molecular weight excluding hydrogens is 301 g/mol. The molecule has 0 saturated carbocycles. The van der Waals surface area contributed by atoms with Crippen molar-refractivity contribution in [2.45, 2.75) is 26.2 Å². The summed E-state index contributed by atoms with van der Waals surface area (Å²) in [4.78, 5) is 0. The molecule has 0 heterocycles. The molecule has 1 aromatic carbocycles. The van der Waals surface area contributed by atoms with Crippen molar-refractivity contribution in [1.82, 2.24) is 0 Å². The van der Waals surface area contributed by atoms with Crippen molar-refractivity contribution >= 4 is 43.1 Å². The van der Waals surface area contributed by atoms with Crippen LogP contribution in [-0.4, -0.2) is 16.8 Å². The molecule has 0 amide bonds. The number of hydrogen-bond donors (Lipinski definition) is 0. The molecule has 0 fully saturated rings. The summed E-state index contributed by atoms with van der Waals surface area (Å²) in [6.07, 6.45) is 0. The maximum atomic E-state index is 13.8. The van der Waals surface area contributed by atoms with Gasteiger partial charge >= 0.3 is 18.9 Å². The van der Waals surface area contributed by atoms with Crippen LogP contribution < -0.4 is 29.2 Å². The quantitative estimate of drug-likeness (QED) is 0.410. The standard InChI is InChI=1S/C10H14BrF2Si2.Li/c1-14(2,12)8-5-6-10(9(11)7-8)15(3,4)13;/h6-7H,1-4H3;/q-1;+1. The van der Waals surface area contributed by atoms with Crippen LogP contribution in [0.25, 0.3) is 0 Å². The van der Waals surface area contributed by atoms with Crippen LogP contribution in [0.4, 0.5) is 8.22 Å². The van der Waals surface area contributed by atoms with E-state index >= 15 is 0 Å². The van der Waals surface area contributed by atoms with Crippen LogP contribution in [-0.2, 0) is 0 Å². The third-order valence-electron chi connectivity index (χ3n) is 2.18. The van der Waals surface area contributed by atoms with Gasteiger partial charge in [0.25, 0.3) is 0 Å². The Labute approximate surface area is 118 Å². The third-order valence-corrected chi connectivity index (χ3v) is 6.47. The minimum absolute atomic E-state index is 0. The molecule has 1 aromatic rings. The van der Waals surface area contributed by atoms with Gasteiger partial charge in [0.1, 0.15) is 0 Å². The first-order chi connectivity index (χ1) is 6.62. The zero-order valence-electron chi connectivity index (χ0n) is 10.3. The van der Waals surface area contributed by atoms with E-state index in [1.807, 2.05) is 0 Å². The van der Waals surface area contributed by atoms with Gasteiger partial charge in [-0.15, -0.1) is 10.4 Å². The smallest absolute Gasteiger partial charge is 0.324 e. The summed E-state index contributed by atoms with van der Waals surface area (Å²) in [6, 6.07) is 6.15. The molecule has 0 unspecified atom stereocenters. The maximum absolute atomic E-state index is 13.8. The van der Waals surface area contributed by atoms with Gasteiger partial charge in [-0.2, -0.15) is 18.2 Å². The van der Waals surface area contributed by atoms with E-state index in [9.17, 15) is 8.22 Å². The molecule has 0 bridgehead atoms. The van der Waals surface area contributed by atoms with Crippen LogP contribution in [0.5, 0.6) is 0 Å². The van der Waals surface area contributed by atoms with Crippen molar-refractivity contribution in [1.29, 1.82) is 0 Å². The molecule has 0 aliphatic carbocycles. The first kappa shape index (κ1) is 16.6. The van der Waals surface area contributed by atoms with Gasteiger partial charge < -0.3 is 8.22 Å². The molecular formula is C10H14BrF2LiSi2. The van der Waals surface area contributed by atoms with Gasteiger partial charge in [-0.3, -0.25) is 0 Å². The second-order valence-corrected chi connectivity index (χ2v) is 12.4. The van der Waals surface area contributed by atoms with Crippen LogP contribution in [0.3, 0.4) is 0 Å². The van der Waals surface area contributed by atoms with Crippen LogP contribution in [0.2, 0.25) is 26.2 Å². The van der Waals surface area contributed by atoms with Crippen molar-refractivity contribution in [3.05, 3.63) is 22.7 Å². The Morgan fingerprint density at radius 2 is 1.62 bits per heavy atom. The molecule has 0 radical (unpaired) electrons. The number of halogens is 3. The van der Waals surface area contributed by atoms with E-state index in [-0.39, 0.29) is 18.9 Å². The Kier molecular flexibility index (Phi) is 5.69. The Hall–Kier alpha value is 0.591. The molecule has 6 heteroatoms. The van der Waals surface area contributed by atoms with Gasteiger partial charge in [0.15, 0.2) is 0 Å². The van der Waals surface area contributed by atoms with Crippen LogP contribution in [0.1, 0.15) is 0 Å². The number of rotatable bonds is 2. The third kappa shape index (κ3) is 4.12. The Bertz CT molecular complexity index is 372. The molecule has 0 atom stereocenters. The second kappa shape index (κ2) is 5.49. The monoisotopic (exact) mass is 314 g/mol. The zero-order chi connectivity index (χ0) is 11.9. The van der Waals surface area contributed by atoms with Crippen LogP contribution >= 0.6 is 15.9 Å². The summed E-state index contributed by atoms with van der Waals surface area (Å²) in [5.41, 5.74) is 0. The van der Waals surface area contributed by atoms with E-state index in [4.69, 9.17) is 0 Å². The predicted octanol–water partition coefficient (Wildman–Crippen LogP) is 0.0165. The summed E-state index contributed by atoms with van der Waals surface area (Å²) < 4.78 is 28.2. The second-order valence-electron chi connectivity index (χ2n) is 4.55. The van der Waals surface area contributed by atoms with Crippen LogP contribution in [0, 0.1) is 6.07 Å². The fourth-order valence-corrected chi connectivity index (χ4v) is 5.19. The van der Waals surface area contributed by atoms with Gasteiger partial charge in [-0.05, 0) is 26.2 Å².